The van der Waals surface area contributed by atoms with Crippen molar-refractivity contribution in [2.24, 2.45) is 0 Å². The van der Waals surface area contributed by atoms with Crippen LogP contribution in [-0.4, -0.2) is 9.13 Å². The van der Waals surface area contributed by atoms with Gasteiger partial charge in [-0.2, -0.15) is 0 Å². The number of aromatic nitrogens is 2. The molecule has 0 saturated heterocycles. The Balaban J connectivity index is 1.51. The summed E-state index contributed by atoms with van der Waals surface area (Å²) in [5.74, 6) is 0. The van der Waals surface area contributed by atoms with Gasteiger partial charge in [0.2, 0.25) is 0 Å². The quantitative estimate of drug-likeness (QED) is 0.188. The fourth-order valence-corrected chi connectivity index (χ4v) is 5.65. The Morgan fingerprint density at radius 3 is 1.52 bits per heavy atom. The van der Waals surface area contributed by atoms with Gasteiger partial charge in [-0.05, 0) is 75.0 Å². The van der Waals surface area contributed by atoms with E-state index in [1.54, 1.807) is 0 Å². The Hall–Kier alpha value is -6.12. The minimum atomic E-state index is -0.992. The summed E-state index contributed by atoms with van der Waals surface area (Å²) in [6.45, 7) is 0. The van der Waals surface area contributed by atoms with Gasteiger partial charge in [0.05, 0.1) is 59.1 Å². The highest BCUT2D eigenvalue weighted by molar-refractivity contribution is 6.23. The molecule has 10 aromatic rings. The molecule has 0 unspecified atom stereocenters. The summed E-state index contributed by atoms with van der Waals surface area (Å²) in [6.07, 6.45) is 0. The van der Waals surface area contributed by atoms with Crippen LogP contribution in [0, 0.1) is 0 Å². The second-order valence-corrected chi connectivity index (χ2v) is 10.1. The first-order valence-electron chi connectivity index (χ1n) is 27.2. The zero-order valence-corrected chi connectivity index (χ0v) is 23.0. The number of rotatable bonds is 3. The molecule has 214 valence electrons. The van der Waals surface area contributed by atoms with E-state index in [1.165, 1.54) is 0 Å². The largest absolute Gasteiger partial charge is 0.307 e. The first-order chi connectivity index (χ1) is 34.1. The van der Waals surface area contributed by atoms with Crippen LogP contribution < -0.4 is 0 Å². The number of para-hydroxylation sites is 2. The lowest BCUT2D eigenvalue weighted by molar-refractivity contribution is 1.15. The molecule has 0 amide bonds. The fourth-order valence-electron chi connectivity index (χ4n) is 5.65. The lowest BCUT2D eigenvalue weighted by atomic mass is 10.0. The molecule has 0 saturated carbocycles. The van der Waals surface area contributed by atoms with Crippen LogP contribution in [-0.2, 0) is 0 Å². The summed E-state index contributed by atoms with van der Waals surface area (Å²) in [6, 6.07) is -21.9. The zero-order valence-electron chi connectivity index (χ0n) is 50.0. The highest BCUT2D eigenvalue weighted by Gasteiger charge is 2.21. The predicted octanol–water partition coefficient (Wildman–Crippen LogP) is 11.9. The third kappa shape index (κ3) is 3.65. The van der Waals surface area contributed by atoms with Crippen LogP contribution in [0.5, 0.6) is 0 Å². The number of hydrogen-bond acceptors (Lipinski definition) is 0. The minimum absolute atomic E-state index is 0.485. The molecule has 0 aliphatic rings. The van der Waals surface area contributed by atoms with Crippen LogP contribution in [0.2, 0.25) is 0 Å². The third-order valence-corrected chi connectivity index (χ3v) is 7.61. The predicted molar refractivity (Wildman–Crippen MR) is 196 cm³/mol. The van der Waals surface area contributed by atoms with Crippen molar-refractivity contribution in [3.05, 3.63) is 169 Å². The summed E-state index contributed by atoms with van der Waals surface area (Å²) in [4.78, 5) is 0. The van der Waals surface area contributed by atoms with E-state index in [0.717, 1.165) is 15.2 Å². The maximum absolute atomic E-state index is 9.62. The van der Waals surface area contributed by atoms with Gasteiger partial charge in [-0.3, -0.25) is 0 Å². The molecule has 8 aromatic carbocycles. The molecule has 0 fully saturated rings. The number of nitrogens with zero attached hydrogens (tertiary/aromatic N) is 2. The second-order valence-electron chi connectivity index (χ2n) is 10.1. The molecule has 10 rings (SSSR count). The van der Waals surface area contributed by atoms with E-state index in [2.05, 4.69) is 0 Å². The van der Waals surface area contributed by atoms with Crippen molar-refractivity contribution < 1.29 is 37.0 Å². The Kier molecular flexibility index (Phi) is 2.21. The number of hydrogen-bond donors (Lipinski definition) is 0. The molecule has 46 heavy (non-hydrogen) atoms. The van der Waals surface area contributed by atoms with Crippen LogP contribution in [0.3, 0.4) is 0 Å². The monoisotopic (exact) mass is 611 g/mol. The minimum Gasteiger partial charge on any atom is -0.307 e. The lowest BCUT2D eigenvalue weighted by Gasteiger charge is -2.14. The van der Waals surface area contributed by atoms with Crippen LogP contribution in [0.15, 0.2) is 169 Å². The molecule has 2 heterocycles. The summed E-state index contributed by atoms with van der Waals surface area (Å²) in [5.41, 5.74) is -5.01. The second kappa shape index (κ2) is 9.69. The van der Waals surface area contributed by atoms with Gasteiger partial charge in [0, 0.05) is 32.9 Å². The average molecular weight is 612 g/mol. The van der Waals surface area contributed by atoms with Gasteiger partial charge in [0.1, 0.15) is 0 Å². The number of fused-ring (bicyclic) bond motifs is 9. The highest BCUT2D eigenvalue weighted by Crippen LogP contribution is 2.42. The topological polar surface area (TPSA) is 9.86 Å². The van der Waals surface area contributed by atoms with E-state index >= 15 is 0 Å². The first-order valence-corrected chi connectivity index (χ1v) is 13.7. The normalized spacial score (nSPS) is 20.1. The third-order valence-electron chi connectivity index (χ3n) is 7.61. The smallest absolute Gasteiger partial charge is 0.0788 e. The average Bonchev–Trinajstić information content (AvgIpc) is 3.88. The SMILES string of the molecule is [2H]c1cc(-c2c([2H])c([2H])c3c([2H])c([2H])c([2H])c([2H])c3c2[2H])c([2H])c([2H])c1-n1c2c([2H])c([2H])c([2H])c([2H])c2c2c([2H])c([2H])c3c4c([2H])c([2H])c([2H])c([2H])c4n(-c4c([2H])c([2H])c5c([2H])c([2H])c([2H])c([2H])c5c4[2H])c3c21. The maximum Gasteiger partial charge on any atom is 0.0788 e. The Morgan fingerprint density at radius 2 is 0.848 bits per heavy atom. The molecule has 2 aromatic heterocycles. The molecule has 0 atom stereocenters. The number of benzene rings is 8. The molecule has 0 aliphatic carbocycles. The lowest BCUT2D eigenvalue weighted by Crippen LogP contribution is -1.99. The molecule has 0 spiro atoms. The Morgan fingerprint density at radius 1 is 0.348 bits per heavy atom. The summed E-state index contributed by atoms with van der Waals surface area (Å²) >= 11 is 0. The van der Waals surface area contributed by atoms with Gasteiger partial charge < -0.3 is 9.13 Å². The highest BCUT2D eigenvalue weighted by atomic mass is 15.0. The molecule has 0 bridgehead atoms. The van der Waals surface area contributed by atoms with Crippen molar-refractivity contribution >= 4 is 65.2 Å². The summed E-state index contributed by atoms with van der Waals surface area (Å²) in [7, 11) is 0. The van der Waals surface area contributed by atoms with Crippen LogP contribution >= 0.6 is 0 Å². The van der Waals surface area contributed by atoms with Crippen LogP contribution in [0.1, 0.15) is 37.0 Å². The van der Waals surface area contributed by atoms with Crippen molar-refractivity contribution in [2.45, 2.75) is 0 Å². The van der Waals surface area contributed by atoms with Crippen molar-refractivity contribution in [3.8, 4) is 22.5 Å². The van der Waals surface area contributed by atoms with E-state index in [0.29, 0.717) is 0 Å². The van der Waals surface area contributed by atoms with Crippen LogP contribution in [0.4, 0.5) is 0 Å². The van der Waals surface area contributed by atoms with Crippen molar-refractivity contribution in [3.63, 3.8) is 0 Å². The van der Waals surface area contributed by atoms with Gasteiger partial charge in [-0.1, -0.05) is 127 Å². The molecule has 0 aliphatic heterocycles. The van der Waals surface area contributed by atoms with E-state index < -0.39 is 251 Å². The van der Waals surface area contributed by atoms with E-state index in [-0.39, 0.29) is 0 Å². The Labute approximate surface area is 303 Å². The summed E-state index contributed by atoms with van der Waals surface area (Å²) in [5, 5.41) is -4.31. The molecular weight excluding hydrogens is 556 g/mol. The first kappa shape index (κ1) is 10.5. The van der Waals surface area contributed by atoms with E-state index in [9.17, 15) is 15.1 Å². The van der Waals surface area contributed by atoms with Gasteiger partial charge in [-0.25, -0.2) is 0 Å². The van der Waals surface area contributed by atoms with E-state index in [1.807, 2.05) is 0 Å². The van der Waals surface area contributed by atoms with E-state index in [4.69, 9.17) is 21.9 Å². The fraction of sp³-hybridized carbons (Fsp3) is 0. The molecule has 2 nitrogen and oxygen atoms in total. The molecular formula is C44H28N2. The molecule has 0 radical (unpaired) electrons. The van der Waals surface area contributed by atoms with Gasteiger partial charge in [0.15, 0.2) is 0 Å². The summed E-state index contributed by atoms with van der Waals surface area (Å²) < 4.78 is 244. The zero-order chi connectivity index (χ0) is 53.7. The molecule has 0 N–H and O–H groups in total. The maximum atomic E-state index is 9.62. The van der Waals surface area contributed by atoms with Gasteiger partial charge in [-0.15, -0.1) is 0 Å². The van der Waals surface area contributed by atoms with Gasteiger partial charge >= 0.3 is 0 Å². The van der Waals surface area contributed by atoms with Gasteiger partial charge in [0.25, 0.3) is 0 Å². The molecule has 2 heteroatoms. The van der Waals surface area contributed by atoms with Crippen LogP contribution in [0.25, 0.3) is 87.7 Å². The van der Waals surface area contributed by atoms with Crippen molar-refractivity contribution in [1.29, 1.82) is 0 Å². The standard InChI is InChI=1S/C44H28N2/c1-3-11-32-27-34(18-17-29(32)9-1)31-19-22-35(23-20-31)45-41-15-7-5-13-37(41)39-25-26-40-38-14-6-8-16-42(38)46(44(40)43(39)45)36-24-21-30-10-2-4-12-33(30)28-36/h1-28H/i1D,2D,3D,4D,5D,6D,7D,8D,9D,10D,11D,12D,13D,14D,15D,16D,17D,18D,19D,21D,22D,23D,24D,25D,26D,27D,28D. The van der Waals surface area contributed by atoms with Crippen molar-refractivity contribution in [1.82, 2.24) is 9.13 Å². The Bertz CT molecular complexity index is 4340. The van der Waals surface area contributed by atoms with Crippen molar-refractivity contribution in [2.75, 3.05) is 0 Å².